The predicted octanol–water partition coefficient (Wildman–Crippen LogP) is 2.96. The minimum absolute atomic E-state index is 0.537. The quantitative estimate of drug-likeness (QED) is 0.538. The summed E-state index contributed by atoms with van der Waals surface area (Å²) in [5.41, 5.74) is 0. The smallest absolute Gasteiger partial charge is 0.191 e. The van der Waals surface area contributed by atoms with E-state index in [4.69, 9.17) is 4.99 Å². The molecule has 0 radical (unpaired) electrons. The first-order valence-corrected chi connectivity index (χ1v) is 9.74. The van der Waals surface area contributed by atoms with Gasteiger partial charge < -0.3 is 10.6 Å². The maximum absolute atomic E-state index is 4.77. The maximum Gasteiger partial charge on any atom is 0.191 e. The summed E-state index contributed by atoms with van der Waals surface area (Å²) in [7, 11) is 2.23. The van der Waals surface area contributed by atoms with Crippen LogP contribution in [0.2, 0.25) is 0 Å². The van der Waals surface area contributed by atoms with Crippen LogP contribution in [0.25, 0.3) is 0 Å². The fourth-order valence-electron chi connectivity index (χ4n) is 2.66. The Labute approximate surface area is 145 Å². The first kappa shape index (κ1) is 18.3. The summed E-state index contributed by atoms with van der Waals surface area (Å²) in [4.78, 5) is 8.70. The largest absolute Gasteiger partial charge is 0.357 e. The molecule has 2 N–H and O–H groups in total. The van der Waals surface area contributed by atoms with Crippen LogP contribution in [0.3, 0.4) is 0 Å². The molecule has 1 aliphatic rings. The van der Waals surface area contributed by atoms with E-state index in [0.717, 1.165) is 38.1 Å². The highest BCUT2D eigenvalue weighted by Crippen LogP contribution is 2.26. The standard InChI is InChI=1S/C18H32N4S/c1-5-19-18(21-13-15(3)22(4)16-8-9-16)20-12-14(2)11-17-7-6-10-23-17/h6-7,10,14-16H,5,8-9,11-13H2,1-4H3,(H2,19,20,21). The molecule has 0 bridgehead atoms. The van der Waals surface area contributed by atoms with Gasteiger partial charge in [-0.15, -0.1) is 11.3 Å². The number of hydrogen-bond donors (Lipinski definition) is 2. The van der Waals surface area contributed by atoms with Gasteiger partial charge in [0.05, 0.1) is 0 Å². The van der Waals surface area contributed by atoms with Gasteiger partial charge in [0.15, 0.2) is 5.96 Å². The van der Waals surface area contributed by atoms with E-state index < -0.39 is 0 Å². The van der Waals surface area contributed by atoms with E-state index in [1.165, 1.54) is 17.7 Å². The second kappa shape index (κ2) is 9.28. The number of likely N-dealkylation sites (N-methyl/N-ethyl adjacent to an activating group) is 1. The van der Waals surface area contributed by atoms with Gasteiger partial charge in [-0.25, -0.2) is 0 Å². The third kappa shape index (κ3) is 6.51. The van der Waals surface area contributed by atoms with Crippen molar-refractivity contribution >= 4 is 17.3 Å². The Morgan fingerprint density at radius 3 is 2.78 bits per heavy atom. The molecule has 1 fully saturated rings. The number of nitrogens with one attached hydrogen (secondary N) is 2. The summed E-state index contributed by atoms with van der Waals surface area (Å²) in [6.45, 7) is 9.38. The van der Waals surface area contributed by atoms with Crippen LogP contribution in [-0.2, 0) is 6.42 Å². The molecule has 0 aliphatic heterocycles. The van der Waals surface area contributed by atoms with Crippen molar-refractivity contribution in [3.8, 4) is 0 Å². The highest BCUT2D eigenvalue weighted by Gasteiger charge is 2.28. The second-order valence-electron chi connectivity index (χ2n) is 6.73. The summed E-state index contributed by atoms with van der Waals surface area (Å²) < 4.78 is 0. The first-order valence-electron chi connectivity index (χ1n) is 8.86. The van der Waals surface area contributed by atoms with Crippen LogP contribution in [0.15, 0.2) is 22.5 Å². The second-order valence-corrected chi connectivity index (χ2v) is 7.77. The molecule has 2 unspecified atom stereocenters. The fourth-order valence-corrected chi connectivity index (χ4v) is 3.53. The molecule has 1 aliphatic carbocycles. The number of thiophene rings is 1. The molecular weight excluding hydrogens is 304 g/mol. The minimum Gasteiger partial charge on any atom is -0.357 e. The molecule has 1 heterocycles. The molecule has 2 atom stereocenters. The molecule has 0 saturated heterocycles. The summed E-state index contributed by atoms with van der Waals surface area (Å²) in [6.07, 6.45) is 3.83. The van der Waals surface area contributed by atoms with Crippen molar-refractivity contribution in [1.29, 1.82) is 0 Å². The zero-order chi connectivity index (χ0) is 16.7. The lowest BCUT2D eigenvalue weighted by Gasteiger charge is -2.25. The normalized spacial score (nSPS) is 18.0. The van der Waals surface area contributed by atoms with Crippen LogP contribution in [0.1, 0.15) is 38.5 Å². The maximum atomic E-state index is 4.77. The first-order chi connectivity index (χ1) is 11.1. The van der Waals surface area contributed by atoms with Crippen molar-refractivity contribution in [3.63, 3.8) is 0 Å². The lowest BCUT2D eigenvalue weighted by molar-refractivity contribution is 0.247. The topological polar surface area (TPSA) is 39.7 Å². The van der Waals surface area contributed by atoms with Crippen LogP contribution in [-0.4, -0.2) is 49.6 Å². The van der Waals surface area contributed by atoms with Crippen LogP contribution >= 0.6 is 11.3 Å². The summed E-state index contributed by atoms with van der Waals surface area (Å²) in [5.74, 6) is 1.51. The molecule has 23 heavy (non-hydrogen) atoms. The van der Waals surface area contributed by atoms with E-state index in [1.54, 1.807) is 0 Å². The zero-order valence-corrected chi connectivity index (χ0v) is 15.8. The van der Waals surface area contributed by atoms with Gasteiger partial charge in [0, 0.05) is 36.6 Å². The monoisotopic (exact) mass is 336 g/mol. The van der Waals surface area contributed by atoms with Gasteiger partial charge in [-0.05, 0) is 57.5 Å². The van der Waals surface area contributed by atoms with Crippen molar-refractivity contribution in [1.82, 2.24) is 15.5 Å². The lowest BCUT2D eigenvalue weighted by Crippen LogP contribution is -2.45. The Morgan fingerprint density at radius 1 is 1.39 bits per heavy atom. The average Bonchev–Trinajstić information content (AvgIpc) is 3.27. The van der Waals surface area contributed by atoms with E-state index in [1.807, 2.05) is 11.3 Å². The molecule has 1 aromatic rings. The lowest BCUT2D eigenvalue weighted by atomic mass is 10.1. The van der Waals surface area contributed by atoms with Gasteiger partial charge in [0.1, 0.15) is 0 Å². The van der Waals surface area contributed by atoms with Gasteiger partial charge in [-0.2, -0.15) is 0 Å². The molecular formula is C18H32N4S. The number of guanidine groups is 1. The zero-order valence-electron chi connectivity index (χ0n) is 15.0. The SMILES string of the molecule is CCNC(=NCC(C)Cc1cccs1)NCC(C)N(C)C1CC1. The van der Waals surface area contributed by atoms with Crippen molar-refractivity contribution in [2.24, 2.45) is 10.9 Å². The molecule has 130 valence electrons. The van der Waals surface area contributed by atoms with Crippen molar-refractivity contribution in [3.05, 3.63) is 22.4 Å². The highest BCUT2D eigenvalue weighted by molar-refractivity contribution is 7.09. The fraction of sp³-hybridized carbons (Fsp3) is 0.722. The van der Waals surface area contributed by atoms with Crippen LogP contribution in [0.4, 0.5) is 0 Å². The van der Waals surface area contributed by atoms with Crippen LogP contribution < -0.4 is 10.6 Å². The number of hydrogen-bond acceptors (Lipinski definition) is 3. The third-order valence-corrected chi connectivity index (χ3v) is 5.32. The van der Waals surface area contributed by atoms with Crippen molar-refractivity contribution in [2.75, 3.05) is 26.7 Å². The summed E-state index contributed by atoms with van der Waals surface area (Å²) in [5, 5.41) is 9.00. The summed E-state index contributed by atoms with van der Waals surface area (Å²) in [6, 6.07) is 5.68. The van der Waals surface area contributed by atoms with E-state index in [2.05, 4.69) is 60.9 Å². The van der Waals surface area contributed by atoms with Crippen molar-refractivity contribution < 1.29 is 0 Å². The molecule has 5 heteroatoms. The van der Waals surface area contributed by atoms with E-state index >= 15 is 0 Å². The molecule has 2 rings (SSSR count). The predicted molar refractivity (Wildman–Crippen MR) is 101 cm³/mol. The highest BCUT2D eigenvalue weighted by atomic mass is 32.1. The third-order valence-electron chi connectivity index (χ3n) is 4.42. The van der Waals surface area contributed by atoms with Gasteiger partial charge in [0.25, 0.3) is 0 Å². The molecule has 0 aromatic carbocycles. The van der Waals surface area contributed by atoms with Gasteiger partial charge in [-0.1, -0.05) is 13.0 Å². The molecule has 4 nitrogen and oxygen atoms in total. The minimum atomic E-state index is 0.537. The Hall–Kier alpha value is -1.07. The van der Waals surface area contributed by atoms with Gasteiger partial charge in [-0.3, -0.25) is 9.89 Å². The van der Waals surface area contributed by atoms with Crippen LogP contribution in [0, 0.1) is 5.92 Å². The molecule has 1 aromatic heterocycles. The average molecular weight is 337 g/mol. The van der Waals surface area contributed by atoms with Crippen LogP contribution in [0.5, 0.6) is 0 Å². The van der Waals surface area contributed by atoms with Gasteiger partial charge >= 0.3 is 0 Å². The Morgan fingerprint density at radius 2 is 2.17 bits per heavy atom. The number of nitrogens with zero attached hydrogens (tertiary/aromatic N) is 2. The van der Waals surface area contributed by atoms with Crippen molar-refractivity contribution in [2.45, 2.75) is 52.1 Å². The number of rotatable bonds is 9. The Balaban J connectivity index is 1.76. The number of aliphatic imine (C=N–C) groups is 1. The van der Waals surface area contributed by atoms with E-state index in [0.29, 0.717) is 12.0 Å². The van der Waals surface area contributed by atoms with Gasteiger partial charge in [0.2, 0.25) is 0 Å². The molecule has 1 saturated carbocycles. The summed E-state index contributed by atoms with van der Waals surface area (Å²) >= 11 is 1.84. The Bertz CT molecular complexity index is 467. The molecule has 0 amide bonds. The Kier molecular flexibility index (Phi) is 7.37. The van der Waals surface area contributed by atoms with E-state index in [9.17, 15) is 0 Å². The molecule has 0 spiro atoms. The van der Waals surface area contributed by atoms with E-state index in [-0.39, 0.29) is 0 Å².